The minimum absolute atomic E-state index is 0.00458. The molecular formula is C30H44O5. The van der Waals surface area contributed by atoms with E-state index < -0.39 is 34.3 Å². The Morgan fingerprint density at radius 3 is 2.03 bits per heavy atom. The zero-order chi connectivity index (χ0) is 26.9. The Bertz CT molecular complexity index is 987. The summed E-state index contributed by atoms with van der Waals surface area (Å²) < 4.78 is 0. The minimum atomic E-state index is -1.39. The third-order valence-corrected chi connectivity index (χ3v) is 7.71. The zero-order valence-electron chi connectivity index (χ0n) is 22.8. The van der Waals surface area contributed by atoms with Gasteiger partial charge in [0, 0.05) is 11.5 Å². The smallest absolute Gasteiger partial charge is 0.184 e. The van der Waals surface area contributed by atoms with Gasteiger partial charge in [-0.1, -0.05) is 49.3 Å². The van der Waals surface area contributed by atoms with Crippen molar-refractivity contribution in [3.8, 4) is 0 Å². The lowest BCUT2D eigenvalue weighted by Crippen LogP contribution is -2.42. The van der Waals surface area contributed by atoms with Crippen molar-refractivity contribution in [2.75, 3.05) is 0 Å². The first-order chi connectivity index (χ1) is 16.1. The lowest BCUT2D eigenvalue weighted by Gasteiger charge is -2.38. The molecular weight excluding hydrogens is 440 g/mol. The number of aliphatic hydroxyl groups is 3. The van der Waals surface area contributed by atoms with Gasteiger partial charge in [0.15, 0.2) is 11.6 Å². The van der Waals surface area contributed by atoms with Gasteiger partial charge in [-0.25, -0.2) is 0 Å². The molecule has 1 fully saturated rings. The second-order valence-electron chi connectivity index (χ2n) is 11.6. The summed E-state index contributed by atoms with van der Waals surface area (Å²) in [6.45, 7) is 18.9. The fraction of sp³-hybridized carbons (Fsp3) is 0.600. The normalized spacial score (nSPS) is 26.3. The summed E-state index contributed by atoms with van der Waals surface area (Å²) in [5.41, 5.74) is 0.448. The number of hydrogen-bond acceptors (Lipinski definition) is 5. The van der Waals surface area contributed by atoms with E-state index in [1.165, 1.54) is 0 Å². The monoisotopic (exact) mass is 484 g/mol. The van der Waals surface area contributed by atoms with Crippen LogP contribution in [0.1, 0.15) is 87.5 Å². The largest absolute Gasteiger partial charge is 0.511 e. The van der Waals surface area contributed by atoms with E-state index in [0.717, 1.165) is 23.1 Å². The SMILES string of the molecule is C=C(C)[C@H]1CC[C@](C)(O)[C@@H]1CC1=C(O)C(CC=C(C)C)(CC=C(C)C)C(=O)C(C(=O)C(C)C)=C1O. The molecule has 0 radical (unpaired) electrons. The van der Waals surface area contributed by atoms with Crippen LogP contribution in [0.2, 0.25) is 0 Å². The van der Waals surface area contributed by atoms with Crippen molar-refractivity contribution in [3.05, 3.63) is 58.1 Å². The molecule has 2 rings (SSSR count). The van der Waals surface area contributed by atoms with Crippen LogP contribution in [0.15, 0.2) is 58.1 Å². The van der Waals surface area contributed by atoms with Crippen LogP contribution in [0.3, 0.4) is 0 Å². The topological polar surface area (TPSA) is 94.8 Å². The lowest BCUT2D eigenvalue weighted by molar-refractivity contribution is -0.129. The number of carbonyl (C=O) groups is 2. The van der Waals surface area contributed by atoms with Gasteiger partial charge in [0.25, 0.3) is 0 Å². The maximum Gasteiger partial charge on any atom is 0.184 e. The molecule has 0 aliphatic heterocycles. The predicted octanol–water partition coefficient (Wildman–Crippen LogP) is 6.86. The fourth-order valence-electron chi connectivity index (χ4n) is 5.38. The third kappa shape index (κ3) is 5.72. The van der Waals surface area contributed by atoms with E-state index in [9.17, 15) is 24.9 Å². The van der Waals surface area contributed by atoms with E-state index in [4.69, 9.17) is 0 Å². The quantitative estimate of drug-likeness (QED) is 0.245. The maximum absolute atomic E-state index is 14.0. The average molecular weight is 485 g/mol. The van der Waals surface area contributed by atoms with Gasteiger partial charge in [0.05, 0.1) is 11.0 Å². The van der Waals surface area contributed by atoms with Crippen LogP contribution in [-0.4, -0.2) is 32.5 Å². The van der Waals surface area contributed by atoms with Gasteiger partial charge in [-0.15, -0.1) is 0 Å². The zero-order valence-corrected chi connectivity index (χ0v) is 22.8. The molecule has 194 valence electrons. The first-order valence-electron chi connectivity index (χ1n) is 12.7. The summed E-state index contributed by atoms with van der Waals surface area (Å²) in [5, 5.41) is 34.2. The Kier molecular flexibility index (Phi) is 8.81. The summed E-state index contributed by atoms with van der Waals surface area (Å²) in [4.78, 5) is 27.2. The molecule has 0 aromatic rings. The molecule has 0 aromatic carbocycles. The first kappa shape index (κ1) is 28.8. The summed E-state index contributed by atoms with van der Waals surface area (Å²) in [6, 6.07) is 0. The predicted molar refractivity (Wildman–Crippen MR) is 141 cm³/mol. The van der Waals surface area contributed by atoms with E-state index >= 15 is 0 Å². The first-order valence-corrected chi connectivity index (χ1v) is 12.7. The highest BCUT2D eigenvalue weighted by atomic mass is 16.3. The van der Waals surface area contributed by atoms with E-state index in [1.807, 2.05) is 46.8 Å². The Labute approximate surface area is 211 Å². The highest BCUT2D eigenvalue weighted by molar-refractivity contribution is 6.24. The Hall–Kier alpha value is -2.40. The van der Waals surface area contributed by atoms with Crippen LogP contribution in [0.25, 0.3) is 0 Å². The van der Waals surface area contributed by atoms with Crippen LogP contribution < -0.4 is 0 Å². The Balaban J connectivity index is 2.83. The van der Waals surface area contributed by atoms with Gasteiger partial charge in [0.2, 0.25) is 0 Å². The van der Waals surface area contributed by atoms with Gasteiger partial charge < -0.3 is 15.3 Å². The van der Waals surface area contributed by atoms with E-state index in [-0.39, 0.29) is 48.0 Å². The molecule has 5 nitrogen and oxygen atoms in total. The maximum atomic E-state index is 14.0. The van der Waals surface area contributed by atoms with Crippen molar-refractivity contribution in [1.29, 1.82) is 0 Å². The minimum Gasteiger partial charge on any atom is -0.511 e. The van der Waals surface area contributed by atoms with E-state index in [2.05, 4.69) is 6.58 Å². The molecule has 3 atom stereocenters. The van der Waals surface area contributed by atoms with Crippen LogP contribution in [-0.2, 0) is 9.59 Å². The van der Waals surface area contributed by atoms with Gasteiger partial charge >= 0.3 is 0 Å². The van der Waals surface area contributed by atoms with Crippen molar-refractivity contribution in [2.45, 2.75) is 93.1 Å². The highest BCUT2D eigenvalue weighted by Crippen LogP contribution is 2.52. The van der Waals surface area contributed by atoms with E-state index in [1.54, 1.807) is 20.8 Å². The van der Waals surface area contributed by atoms with Crippen LogP contribution >= 0.6 is 0 Å². The molecule has 0 spiro atoms. The highest BCUT2D eigenvalue weighted by Gasteiger charge is 2.52. The number of aliphatic hydroxyl groups excluding tert-OH is 2. The molecule has 0 bridgehead atoms. The Morgan fingerprint density at radius 2 is 1.60 bits per heavy atom. The van der Waals surface area contributed by atoms with Crippen LogP contribution in [0.4, 0.5) is 0 Å². The molecule has 1 saturated carbocycles. The second kappa shape index (κ2) is 10.7. The molecule has 0 saturated heterocycles. The van der Waals surface area contributed by atoms with Gasteiger partial charge in [0.1, 0.15) is 17.1 Å². The van der Waals surface area contributed by atoms with Crippen molar-refractivity contribution in [2.24, 2.45) is 23.2 Å². The fourth-order valence-corrected chi connectivity index (χ4v) is 5.38. The van der Waals surface area contributed by atoms with E-state index in [0.29, 0.717) is 6.42 Å². The number of ketones is 2. The Morgan fingerprint density at radius 1 is 1.09 bits per heavy atom. The van der Waals surface area contributed by atoms with Crippen LogP contribution in [0.5, 0.6) is 0 Å². The summed E-state index contributed by atoms with van der Waals surface area (Å²) >= 11 is 0. The van der Waals surface area contributed by atoms with Gasteiger partial charge in [-0.05, 0) is 85.5 Å². The van der Waals surface area contributed by atoms with Crippen molar-refractivity contribution in [1.82, 2.24) is 0 Å². The van der Waals surface area contributed by atoms with Gasteiger partial charge in [-0.2, -0.15) is 0 Å². The standard InChI is InChI=1S/C30H44O5/c1-17(2)10-14-30(15-11-18(3)4)27(33)22(26(32)24(28(30)34)25(31)20(7)8)16-23-21(19(5)6)12-13-29(23,9)35/h10-11,20-21,23,32-33,35H,5,12-16H2,1-4,6-9H3/t21-,23-,29+/m1/s1. The molecule has 2 aliphatic carbocycles. The molecule has 35 heavy (non-hydrogen) atoms. The number of rotatable bonds is 9. The van der Waals surface area contributed by atoms with Crippen molar-refractivity contribution >= 4 is 11.6 Å². The number of allylic oxidation sites excluding steroid dienone is 8. The molecule has 0 aromatic heterocycles. The summed E-state index contributed by atoms with van der Waals surface area (Å²) in [6.07, 6.45) is 5.68. The molecule has 2 aliphatic rings. The molecule has 5 heteroatoms. The van der Waals surface area contributed by atoms with Crippen LogP contribution in [0, 0.1) is 23.2 Å². The second-order valence-corrected chi connectivity index (χ2v) is 11.6. The average Bonchev–Trinajstić information content (AvgIpc) is 3.04. The summed E-state index contributed by atoms with van der Waals surface area (Å²) in [7, 11) is 0. The third-order valence-electron chi connectivity index (χ3n) is 7.71. The van der Waals surface area contributed by atoms with Gasteiger partial charge in [-0.3, -0.25) is 9.59 Å². The van der Waals surface area contributed by atoms with Crippen molar-refractivity contribution in [3.63, 3.8) is 0 Å². The number of Topliss-reactive ketones (excluding diaryl/α,β-unsaturated/α-hetero) is 2. The summed E-state index contributed by atoms with van der Waals surface area (Å²) in [5.74, 6) is -2.43. The molecule has 0 amide bonds. The molecule has 0 unspecified atom stereocenters. The number of carbonyl (C=O) groups excluding carboxylic acids is 2. The van der Waals surface area contributed by atoms with Crippen molar-refractivity contribution < 1.29 is 24.9 Å². The molecule has 0 heterocycles. The number of hydrogen-bond donors (Lipinski definition) is 3. The molecule has 3 N–H and O–H groups in total. The lowest BCUT2D eigenvalue weighted by atomic mass is 9.65.